The molecule has 1 rings (SSSR count). The Hall–Kier alpha value is -1.16. The van der Waals surface area contributed by atoms with Crippen LogP contribution in [-0.2, 0) is 26.1 Å². The highest BCUT2D eigenvalue weighted by molar-refractivity contribution is 7.85. The zero-order chi connectivity index (χ0) is 12.8. The predicted molar refractivity (Wildman–Crippen MR) is 69.1 cm³/mol. The zero-order valence-electron chi connectivity index (χ0n) is 10.4. The number of hydrogen-bond acceptors (Lipinski definition) is 3. The summed E-state index contributed by atoms with van der Waals surface area (Å²) in [5.41, 5.74) is 2.11. The quantitative estimate of drug-likeness (QED) is 0.757. The van der Waals surface area contributed by atoms with Crippen LogP contribution in [0.3, 0.4) is 0 Å². The van der Waals surface area contributed by atoms with E-state index in [0.717, 1.165) is 11.1 Å². The Labute approximate surface area is 105 Å². The highest BCUT2D eigenvalue weighted by atomic mass is 32.2. The van der Waals surface area contributed by atoms with Crippen LogP contribution < -0.4 is 0 Å². The zero-order valence-corrected chi connectivity index (χ0v) is 11.3. The fraction of sp³-hybridized carbons (Fsp3) is 0.462. The molecule has 1 aromatic rings. The molecular weight excluding hydrogens is 236 g/mol. The third-order valence-electron chi connectivity index (χ3n) is 2.57. The number of aryl methyl sites for hydroxylation is 1. The Morgan fingerprint density at radius 3 is 2.65 bits per heavy atom. The summed E-state index contributed by atoms with van der Waals surface area (Å²) in [6, 6.07) is 7.76. The standard InChI is InChI=1S/C13H18O3S/c1-4-16-13(14)11(3)17(15)9-12-8-6-5-7-10(12)2/h5-8,11H,4,9H2,1-3H3. The Bertz CT molecular complexity index is 415. The van der Waals surface area contributed by atoms with Crippen molar-refractivity contribution in [3.63, 3.8) is 0 Å². The molecule has 0 saturated heterocycles. The molecule has 2 atom stereocenters. The predicted octanol–water partition coefficient (Wildman–Crippen LogP) is 2.20. The van der Waals surface area contributed by atoms with Crippen molar-refractivity contribution in [2.75, 3.05) is 6.61 Å². The van der Waals surface area contributed by atoms with Gasteiger partial charge < -0.3 is 4.74 Å². The molecule has 0 spiro atoms. The first kappa shape index (κ1) is 13.9. The van der Waals surface area contributed by atoms with Crippen LogP contribution in [0, 0.1) is 6.92 Å². The van der Waals surface area contributed by atoms with Gasteiger partial charge in [0.05, 0.1) is 6.61 Å². The van der Waals surface area contributed by atoms with Crippen LogP contribution in [0.1, 0.15) is 25.0 Å². The lowest BCUT2D eigenvalue weighted by molar-refractivity contribution is -0.142. The maximum absolute atomic E-state index is 12.0. The van der Waals surface area contributed by atoms with Gasteiger partial charge in [-0.05, 0) is 31.9 Å². The molecular formula is C13H18O3S. The minimum absolute atomic E-state index is 0.324. The highest BCUT2D eigenvalue weighted by Gasteiger charge is 2.21. The highest BCUT2D eigenvalue weighted by Crippen LogP contribution is 2.12. The number of carbonyl (C=O) groups excluding carboxylic acids is 1. The van der Waals surface area contributed by atoms with Crippen molar-refractivity contribution in [1.82, 2.24) is 0 Å². The summed E-state index contributed by atoms with van der Waals surface area (Å²) < 4.78 is 16.9. The van der Waals surface area contributed by atoms with E-state index in [0.29, 0.717) is 12.4 Å². The van der Waals surface area contributed by atoms with Crippen LogP contribution in [0.5, 0.6) is 0 Å². The summed E-state index contributed by atoms with van der Waals surface area (Å²) in [5, 5.41) is -0.574. The monoisotopic (exact) mass is 254 g/mol. The third kappa shape index (κ3) is 3.97. The van der Waals surface area contributed by atoms with Gasteiger partial charge in [-0.2, -0.15) is 0 Å². The first-order valence-corrected chi connectivity index (χ1v) is 7.02. The third-order valence-corrected chi connectivity index (χ3v) is 4.15. The second-order valence-corrected chi connectivity index (χ2v) is 5.60. The molecule has 0 aliphatic rings. The molecule has 0 radical (unpaired) electrons. The van der Waals surface area contributed by atoms with Crippen molar-refractivity contribution in [3.05, 3.63) is 35.4 Å². The Morgan fingerprint density at radius 2 is 2.06 bits per heavy atom. The summed E-state index contributed by atoms with van der Waals surface area (Å²) in [4.78, 5) is 11.4. The SMILES string of the molecule is CCOC(=O)C(C)S(=O)Cc1ccccc1C. The molecule has 94 valence electrons. The maximum atomic E-state index is 12.0. The van der Waals surface area contributed by atoms with Gasteiger partial charge in [-0.25, -0.2) is 0 Å². The van der Waals surface area contributed by atoms with Crippen molar-refractivity contribution in [2.45, 2.75) is 31.8 Å². The van der Waals surface area contributed by atoms with E-state index in [1.54, 1.807) is 13.8 Å². The minimum atomic E-state index is -1.23. The average Bonchev–Trinajstić information content (AvgIpc) is 2.31. The van der Waals surface area contributed by atoms with Gasteiger partial charge >= 0.3 is 5.97 Å². The number of esters is 1. The van der Waals surface area contributed by atoms with E-state index in [2.05, 4.69) is 0 Å². The van der Waals surface area contributed by atoms with Crippen molar-refractivity contribution in [1.29, 1.82) is 0 Å². The first-order valence-electron chi connectivity index (χ1n) is 5.64. The summed E-state index contributed by atoms with van der Waals surface area (Å²) in [7, 11) is -1.23. The average molecular weight is 254 g/mol. The fourth-order valence-corrected chi connectivity index (χ4v) is 2.58. The van der Waals surface area contributed by atoms with E-state index in [9.17, 15) is 9.00 Å². The molecule has 0 amide bonds. The number of hydrogen-bond donors (Lipinski definition) is 0. The molecule has 0 N–H and O–H groups in total. The first-order chi connectivity index (χ1) is 8.06. The van der Waals surface area contributed by atoms with E-state index in [-0.39, 0.29) is 5.97 Å². The summed E-state index contributed by atoms with van der Waals surface area (Å²) in [5.74, 6) is 0.00606. The number of benzene rings is 1. The second-order valence-electron chi connectivity index (χ2n) is 3.85. The molecule has 0 fully saturated rings. The van der Waals surface area contributed by atoms with Crippen molar-refractivity contribution < 1.29 is 13.7 Å². The van der Waals surface area contributed by atoms with Gasteiger partial charge in [0.1, 0.15) is 5.25 Å². The fourth-order valence-electron chi connectivity index (χ4n) is 1.42. The normalized spacial score (nSPS) is 14.1. The van der Waals surface area contributed by atoms with Gasteiger partial charge in [-0.15, -0.1) is 0 Å². The lowest BCUT2D eigenvalue weighted by Crippen LogP contribution is -2.26. The Balaban J connectivity index is 2.67. The Morgan fingerprint density at radius 1 is 1.41 bits per heavy atom. The van der Waals surface area contributed by atoms with E-state index in [1.165, 1.54) is 0 Å². The Kier molecular flexibility index (Phi) is 5.35. The molecule has 1 aromatic carbocycles. The number of carbonyl (C=O) groups is 1. The molecule has 0 aliphatic heterocycles. The van der Waals surface area contributed by atoms with Gasteiger partial charge in [-0.1, -0.05) is 24.3 Å². The molecule has 17 heavy (non-hydrogen) atoms. The van der Waals surface area contributed by atoms with E-state index in [4.69, 9.17) is 4.74 Å². The van der Waals surface area contributed by atoms with Crippen LogP contribution in [-0.4, -0.2) is 22.0 Å². The largest absolute Gasteiger partial charge is 0.465 e. The molecule has 0 aromatic heterocycles. The van der Waals surface area contributed by atoms with Gasteiger partial charge in [0.25, 0.3) is 0 Å². The molecule has 4 heteroatoms. The van der Waals surface area contributed by atoms with Crippen LogP contribution in [0.15, 0.2) is 24.3 Å². The lowest BCUT2D eigenvalue weighted by atomic mass is 10.1. The van der Waals surface area contributed by atoms with E-state index >= 15 is 0 Å². The van der Waals surface area contributed by atoms with Gasteiger partial charge in [-0.3, -0.25) is 9.00 Å². The van der Waals surface area contributed by atoms with Crippen molar-refractivity contribution in [3.8, 4) is 0 Å². The molecule has 2 unspecified atom stereocenters. The molecule has 0 heterocycles. The summed E-state index contributed by atoms with van der Waals surface area (Å²) in [6.07, 6.45) is 0. The molecule has 3 nitrogen and oxygen atoms in total. The molecule has 0 aliphatic carbocycles. The van der Waals surface area contributed by atoms with Gasteiger partial charge in [0.15, 0.2) is 0 Å². The number of ether oxygens (including phenoxy) is 1. The van der Waals surface area contributed by atoms with Crippen molar-refractivity contribution >= 4 is 16.8 Å². The summed E-state index contributed by atoms with van der Waals surface area (Å²) in [6.45, 7) is 5.69. The minimum Gasteiger partial charge on any atom is -0.465 e. The second kappa shape index (κ2) is 6.55. The van der Waals surface area contributed by atoms with Crippen LogP contribution in [0.25, 0.3) is 0 Å². The van der Waals surface area contributed by atoms with Gasteiger partial charge in [0, 0.05) is 16.6 Å². The summed E-state index contributed by atoms with van der Waals surface area (Å²) >= 11 is 0. The van der Waals surface area contributed by atoms with Crippen molar-refractivity contribution in [2.24, 2.45) is 0 Å². The molecule has 0 saturated carbocycles. The van der Waals surface area contributed by atoms with Crippen LogP contribution >= 0.6 is 0 Å². The molecule has 0 bridgehead atoms. The topological polar surface area (TPSA) is 43.4 Å². The van der Waals surface area contributed by atoms with Gasteiger partial charge in [0.2, 0.25) is 0 Å². The lowest BCUT2D eigenvalue weighted by Gasteiger charge is -2.11. The maximum Gasteiger partial charge on any atom is 0.321 e. The smallest absolute Gasteiger partial charge is 0.321 e. The van der Waals surface area contributed by atoms with E-state index in [1.807, 2.05) is 31.2 Å². The van der Waals surface area contributed by atoms with Crippen LogP contribution in [0.4, 0.5) is 0 Å². The number of rotatable bonds is 5. The van der Waals surface area contributed by atoms with E-state index < -0.39 is 16.0 Å². The van der Waals surface area contributed by atoms with Crippen LogP contribution in [0.2, 0.25) is 0 Å².